The molecule has 0 bridgehead atoms. The molecule has 5 rings (SSSR count). The van der Waals surface area contributed by atoms with Gasteiger partial charge in [-0.1, -0.05) is 29.8 Å². The molecule has 0 saturated heterocycles. The zero-order chi connectivity index (χ0) is 20.5. The monoisotopic (exact) mass is 430 g/mol. The number of rotatable bonds is 6. The lowest BCUT2D eigenvalue weighted by atomic mass is 9.88. The maximum Gasteiger partial charge on any atom is 0.231 e. The van der Waals surface area contributed by atoms with Gasteiger partial charge in [-0.2, -0.15) is 0 Å². The number of hydrogen-bond donors (Lipinski definition) is 2. The van der Waals surface area contributed by atoms with Crippen LogP contribution >= 0.6 is 11.6 Å². The first-order valence-electron chi connectivity index (χ1n) is 10.5. The summed E-state index contributed by atoms with van der Waals surface area (Å²) >= 11 is 6.47. The van der Waals surface area contributed by atoms with Gasteiger partial charge in [-0.25, -0.2) is 0 Å². The number of fused-ring (bicyclic) bond motifs is 4. The van der Waals surface area contributed by atoms with Crippen LogP contribution in [0.4, 0.5) is 0 Å². The summed E-state index contributed by atoms with van der Waals surface area (Å²) in [7, 11) is 1.93. The van der Waals surface area contributed by atoms with E-state index >= 15 is 0 Å². The van der Waals surface area contributed by atoms with Gasteiger partial charge in [-0.3, -0.25) is 0 Å². The molecule has 0 fully saturated rings. The lowest BCUT2D eigenvalue weighted by Crippen LogP contribution is -2.35. The summed E-state index contributed by atoms with van der Waals surface area (Å²) in [6.07, 6.45) is 0.849. The summed E-state index contributed by atoms with van der Waals surface area (Å²) in [6.45, 7) is 3.89. The lowest BCUT2D eigenvalue weighted by molar-refractivity contribution is 0.0230. The van der Waals surface area contributed by atoms with Crippen molar-refractivity contribution in [2.75, 3.05) is 46.7 Å². The largest absolute Gasteiger partial charge is 0.454 e. The molecule has 3 heterocycles. The van der Waals surface area contributed by atoms with Crippen LogP contribution < -0.4 is 20.1 Å². The summed E-state index contributed by atoms with van der Waals surface area (Å²) in [4.78, 5) is 0. The Balaban J connectivity index is 1.31. The van der Waals surface area contributed by atoms with Crippen molar-refractivity contribution < 1.29 is 18.9 Å². The normalized spacial score (nSPS) is 24.4. The van der Waals surface area contributed by atoms with E-state index in [1.165, 1.54) is 11.1 Å². The maximum atomic E-state index is 6.47. The van der Waals surface area contributed by atoms with E-state index in [0.29, 0.717) is 13.2 Å². The Labute approximate surface area is 181 Å². The molecule has 0 spiro atoms. The molecule has 0 aromatic heterocycles. The highest BCUT2D eigenvalue weighted by Gasteiger charge is 2.34. The second-order valence-corrected chi connectivity index (χ2v) is 8.37. The minimum Gasteiger partial charge on any atom is -0.454 e. The van der Waals surface area contributed by atoms with E-state index < -0.39 is 0 Å². The third-order valence-corrected chi connectivity index (χ3v) is 6.47. The van der Waals surface area contributed by atoms with Gasteiger partial charge in [-0.15, -0.1) is 0 Å². The Bertz CT molecular complexity index is 922. The van der Waals surface area contributed by atoms with Crippen LogP contribution in [0.2, 0.25) is 5.02 Å². The summed E-state index contributed by atoms with van der Waals surface area (Å²) in [5, 5.41) is 7.60. The number of ether oxygens (including phenoxy) is 4. The minimum atomic E-state index is -0.0368. The zero-order valence-corrected chi connectivity index (χ0v) is 17.8. The predicted octanol–water partition coefficient (Wildman–Crippen LogP) is 3.35. The minimum absolute atomic E-state index is 0.0276. The van der Waals surface area contributed by atoms with Crippen molar-refractivity contribution in [1.29, 1.82) is 0 Å². The third-order valence-electron chi connectivity index (χ3n) is 6.14. The van der Waals surface area contributed by atoms with Crippen LogP contribution in [0.5, 0.6) is 11.5 Å². The molecule has 3 aliphatic rings. The summed E-state index contributed by atoms with van der Waals surface area (Å²) in [5.41, 5.74) is 4.78. The topological polar surface area (TPSA) is 61.0 Å². The smallest absolute Gasteiger partial charge is 0.231 e. The first-order valence-corrected chi connectivity index (χ1v) is 10.9. The Morgan fingerprint density at radius 1 is 1.00 bits per heavy atom. The maximum absolute atomic E-state index is 6.47. The van der Waals surface area contributed by atoms with E-state index in [4.69, 9.17) is 30.5 Å². The first-order chi connectivity index (χ1) is 14.8. The van der Waals surface area contributed by atoms with E-state index in [2.05, 4.69) is 22.8 Å². The molecule has 2 aromatic carbocycles. The van der Waals surface area contributed by atoms with Gasteiger partial charge >= 0.3 is 0 Å². The molecule has 0 radical (unpaired) electrons. The molecule has 30 heavy (non-hydrogen) atoms. The predicted molar refractivity (Wildman–Crippen MR) is 115 cm³/mol. The fourth-order valence-corrected chi connectivity index (χ4v) is 5.04. The van der Waals surface area contributed by atoms with Crippen LogP contribution in [-0.2, 0) is 15.9 Å². The fraction of sp³-hybridized carbons (Fsp3) is 0.478. The van der Waals surface area contributed by atoms with Crippen LogP contribution in [0.15, 0.2) is 30.3 Å². The fourth-order valence-electron chi connectivity index (χ4n) is 4.72. The van der Waals surface area contributed by atoms with E-state index in [-0.39, 0.29) is 24.9 Å². The Hall–Kier alpha value is -1.83. The van der Waals surface area contributed by atoms with Gasteiger partial charge in [0.1, 0.15) is 0 Å². The average Bonchev–Trinajstić information content (AvgIpc) is 3.24. The Morgan fingerprint density at radius 2 is 1.90 bits per heavy atom. The highest BCUT2D eigenvalue weighted by atomic mass is 35.5. The van der Waals surface area contributed by atoms with Gasteiger partial charge in [0.2, 0.25) is 6.79 Å². The number of likely N-dealkylation sites (N-methyl/N-ethyl adjacent to an activating group) is 1. The number of benzene rings is 2. The summed E-state index contributed by atoms with van der Waals surface area (Å²) in [5.74, 6) is 1.86. The van der Waals surface area contributed by atoms with Crippen molar-refractivity contribution in [3.8, 4) is 11.5 Å². The third kappa shape index (κ3) is 3.67. The highest BCUT2D eigenvalue weighted by molar-refractivity contribution is 6.31. The van der Waals surface area contributed by atoms with Crippen LogP contribution in [0.25, 0.3) is 0 Å². The van der Waals surface area contributed by atoms with E-state index in [9.17, 15) is 0 Å². The summed E-state index contributed by atoms with van der Waals surface area (Å²) < 4.78 is 23.6. The van der Waals surface area contributed by atoms with E-state index in [1.807, 2.05) is 25.2 Å². The van der Waals surface area contributed by atoms with E-state index in [1.54, 1.807) is 0 Å². The van der Waals surface area contributed by atoms with Crippen molar-refractivity contribution >= 4 is 11.6 Å². The first kappa shape index (κ1) is 20.1. The number of nitrogens with one attached hydrogen (secondary N) is 2. The molecular formula is C23H27ClN2O4. The molecular weight excluding hydrogens is 404 g/mol. The lowest BCUT2D eigenvalue weighted by Gasteiger charge is -2.33. The van der Waals surface area contributed by atoms with Crippen molar-refractivity contribution in [1.82, 2.24) is 10.6 Å². The molecule has 2 N–H and O–H groups in total. The van der Waals surface area contributed by atoms with Gasteiger partial charge < -0.3 is 29.6 Å². The van der Waals surface area contributed by atoms with Crippen LogP contribution in [0, 0.1) is 0 Å². The van der Waals surface area contributed by atoms with Gasteiger partial charge in [0.15, 0.2) is 11.5 Å². The molecule has 0 aliphatic carbocycles. The molecule has 0 saturated carbocycles. The quantitative estimate of drug-likeness (QED) is 0.733. The molecule has 3 atom stereocenters. The molecule has 2 aromatic rings. The van der Waals surface area contributed by atoms with Crippen molar-refractivity contribution in [2.45, 2.75) is 24.5 Å². The van der Waals surface area contributed by atoms with Gasteiger partial charge in [0.05, 0.1) is 25.4 Å². The van der Waals surface area contributed by atoms with E-state index in [0.717, 1.165) is 53.8 Å². The zero-order valence-electron chi connectivity index (χ0n) is 17.1. The van der Waals surface area contributed by atoms with Gasteiger partial charge in [0.25, 0.3) is 0 Å². The molecule has 6 nitrogen and oxygen atoms in total. The van der Waals surface area contributed by atoms with Crippen molar-refractivity contribution in [2.24, 2.45) is 0 Å². The second-order valence-electron chi connectivity index (χ2n) is 7.96. The van der Waals surface area contributed by atoms with Crippen LogP contribution in [0.3, 0.4) is 0 Å². The Morgan fingerprint density at radius 3 is 2.80 bits per heavy atom. The average molecular weight is 431 g/mol. The Kier molecular flexibility index (Phi) is 5.85. The van der Waals surface area contributed by atoms with Gasteiger partial charge in [-0.05, 0) is 36.7 Å². The number of halogens is 1. The van der Waals surface area contributed by atoms with Crippen molar-refractivity contribution in [3.05, 3.63) is 57.6 Å². The molecule has 1 unspecified atom stereocenters. The second kappa shape index (κ2) is 8.73. The highest BCUT2D eigenvalue weighted by Crippen LogP contribution is 2.46. The molecule has 7 heteroatoms. The van der Waals surface area contributed by atoms with Crippen molar-refractivity contribution in [3.63, 3.8) is 0 Å². The van der Waals surface area contributed by atoms with Crippen LogP contribution in [-0.4, -0.2) is 46.7 Å². The molecule has 160 valence electrons. The standard InChI is InChI=1S/C23H27ClN2O4/c1-25-10-19-22-16(5-6-18-23(22)30-13-29-18)15(12-28-19)9-26-11-20-21-14(7-8-27-20)3-2-4-17(21)24/h2-6,15,19-20,25-26H,7-13H2,1H3/t15?,19-,20+/m0/s1. The van der Waals surface area contributed by atoms with Crippen LogP contribution in [0.1, 0.15) is 40.4 Å². The number of hydrogen-bond acceptors (Lipinski definition) is 6. The van der Waals surface area contributed by atoms with Gasteiger partial charge in [0, 0.05) is 41.7 Å². The SMILES string of the molecule is CNC[C@@H]1OCC(CNC[C@H]2OCCc3cccc(Cl)c32)c2ccc3c(c21)OCO3. The summed E-state index contributed by atoms with van der Waals surface area (Å²) in [6, 6.07) is 10.3. The molecule has 0 amide bonds. The molecule has 3 aliphatic heterocycles.